The lowest BCUT2D eigenvalue weighted by Crippen LogP contribution is -1.94. The van der Waals surface area contributed by atoms with E-state index in [1.807, 2.05) is 12.1 Å². The minimum atomic E-state index is -0.382. The number of rotatable bonds is 4. The van der Waals surface area contributed by atoms with E-state index in [9.17, 15) is 4.79 Å². The number of carbonyl (C=O) groups excluding carboxylic acids is 1. The summed E-state index contributed by atoms with van der Waals surface area (Å²) in [7, 11) is 1.34. The topological polar surface area (TPSA) is 35.5 Å². The average molecular weight is 216 g/mol. The Balaban J connectivity index is 2.61. The van der Waals surface area contributed by atoms with Gasteiger partial charge in [0, 0.05) is 6.08 Å². The van der Waals surface area contributed by atoms with E-state index in [-0.39, 0.29) is 12.6 Å². The van der Waals surface area contributed by atoms with Gasteiger partial charge in [-0.1, -0.05) is 18.1 Å². The van der Waals surface area contributed by atoms with Gasteiger partial charge in [-0.2, -0.15) is 0 Å². The fourth-order valence-corrected chi connectivity index (χ4v) is 1.03. The summed E-state index contributed by atoms with van der Waals surface area (Å²) in [5.41, 5.74) is 0.887. The molecule has 1 aromatic carbocycles. The molecule has 0 aliphatic carbocycles. The van der Waals surface area contributed by atoms with E-state index in [2.05, 4.69) is 10.7 Å². The fourth-order valence-electron chi connectivity index (χ4n) is 1.03. The smallest absolute Gasteiger partial charge is 0.330 e. The van der Waals surface area contributed by atoms with Crippen LogP contribution in [0.25, 0.3) is 6.08 Å². The number of benzene rings is 1. The molecule has 0 bridgehead atoms. The number of carbonyl (C=O) groups is 1. The largest absolute Gasteiger partial charge is 0.481 e. The fraction of sp³-hybridized carbons (Fsp3) is 0.154. The molecule has 0 radical (unpaired) electrons. The highest BCUT2D eigenvalue weighted by molar-refractivity contribution is 5.86. The van der Waals surface area contributed by atoms with E-state index in [4.69, 9.17) is 11.2 Å². The maximum atomic E-state index is 10.8. The van der Waals surface area contributed by atoms with Crippen LogP contribution >= 0.6 is 0 Å². The molecular formula is C13H12O3. The van der Waals surface area contributed by atoms with E-state index in [1.54, 1.807) is 18.2 Å². The van der Waals surface area contributed by atoms with Gasteiger partial charge in [-0.25, -0.2) is 4.79 Å². The third kappa shape index (κ3) is 3.89. The van der Waals surface area contributed by atoms with Crippen LogP contribution in [-0.4, -0.2) is 19.7 Å². The molecule has 0 aliphatic rings. The molecule has 0 saturated heterocycles. The standard InChI is InChI=1S/C13H12O3/c1-3-10-16-12-7-4-11(5-8-12)6-9-13(14)15-2/h1,4-9H,10H2,2H3/b9-6+. The predicted octanol–water partition coefficient (Wildman–Crippen LogP) is 1.88. The molecular weight excluding hydrogens is 204 g/mol. The molecule has 82 valence electrons. The summed E-state index contributed by atoms with van der Waals surface area (Å²) in [6, 6.07) is 7.22. The molecule has 0 spiro atoms. The highest BCUT2D eigenvalue weighted by atomic mass is 16.5. The molecule has 0 amide bonds. The Morgan fingerprint density at radius 2 is 2.12 bits per heavy atom. The Morgan fingerprint density at radius 3 is 2.69 bits per heavy atom. The summed E-state index contributed by atoms with van der Waals surface area (Å²) in [6.45, 7) is 0.247. The zero-order valence-corrected chi connectivity index (χ0v) is 8.97. The van der Waals surface area contributed by atoms with Gasteiger partial charge in [0.25, 0.3) is 0 Å². The molecule has 0 unspecified atom stereocenters. The first-order valence-electron chi connectivity index (χ1n) is 4.68. The molecule has 0 aliphatic heterocycles. The Kier molecular flexibility index (Phi) is 4.68. The Morgan fingerprint density at radius 1 is 1.44 bits per heavy atom. The van der Waals surface area contributed by atoms with Crippen LogP contribution in [0.15, 0.2) is 30.3 Å². The lowest BCUT2D eigenvalue weighted by Gasteiger charge is -2.01. The molecule has 3 heteroatoms. The van der Waals surface area contributed by atoms with Gasteiger partial charge in [0.15, 0.2) is 0 Å². The van der Waals surface area contributed by atoms with Crippen molar-refractivity contribution in [1.82, 2.24) is 0 Å². The quantitative estimate of drug-likeness (QED) is 0.438. The van der Waals surface area contributed by atoms with Crippen LogP contribution in [0.1, 0.15) is 5.56 Å². The van der Waals surface area contributed by atoms with Gasteiger partial charge >= 0.3 is 5.97 Å². The summed E-state index contributed by atoms with van der Waals surface area (Å²) in [5, 5.41) is 0. The van der Waals surface area contributed by atoms with Crippen LogP contribution in [0.5, 0.6) is 5.75 Å². The van der Waals surface area contributed by atoms with Gasteiger partial charge in [-0.05, 0) is 23.8 Å². The van der Waals surface area contributed by atoms with Crippen molar-refractivity contribution in [2.45, 2.75) is 0 Å². The maximum Gasteiger partial charge on any atom is 0.330 e. The summed E-state index contributed by atoms with van der Waals surface area (Å²) >= 11 is 0. The van der Waals surface area contributed by atoms with Crippen LogP contribution in [0.4, 0.5) is 0 Å². The highest BCUT2D eigenvalue weighted by Crippen LogP contribution is 2.12. The second-order valence-electron chi connectivity index (χ2n) is 2.92. The summed E-state index contributed by atoms with van der Waals surface area (Å²) < 4.78 is 9.68. The predicted molar refractivity (Wildman–Crippen MR) is 61.8 cm³/mol. The molecule has 0 atom stereocenters. The van der Waals surface area contributed by atoms with Crippen molar-refractivity contribution in [3.8, 4) is 18.1 Å². The number of terminal acetylenes is 1. The van der Waals surface area contributed by atoms with Crippen LogP contribution < -0.4 is 4.74 Å². The molecule has 0 fully saturated rings. The SMILES string of the molecule is C#CCOc1ccc(/C=C/C(=O)OC)cc1. The number of hydrogen-bond donors (Lipinski definition) is 0. The van der Waals surface area contributed by atoms with E-state index in [0.29, 0.717) is 5.75 Å². The Bertz CT molecular complexity index is 410. The lowest BCUT2D eigenvalue weighted by molar-refractivity contribution is -0.134. The molecule has 1 aromatic rings. The second kappa shape index (κ2) is 6.31. The van der Waals surface area contributed by atoms with Crippen molar-refractivity contribution < 1.29 is 14.3 Å². The summed E-state index contributed by atoms with van der Waals surface area (Å²) in [4.78, 5) is 10.8. The average Bonchev–Trinajstić information content (AvgIpc) is 2.34. The van der Waals surface area contributed by atoms with Crippen molar-refractivity contribution >= 4 is 12.0 Å². The van der Waals surface area contributed by atoms with Gasteiger partial charge in [0.2, 0.25) is 0 Å². The maximum absolute atomic E-state index is 10.8. The van der Waals surface area contributed by atoms with Crippen molar-refractivity contribution in [1.29, 1.82) is 0 Å². The molecule has 1 rings (SSSR count). The summed E-state index contributed by atoms with van der Waals surface area (Å²) in [5.74, 6) is 2.70. The zero-order chi connectivity index (χ0) is 11.8. The number of esters is 1. The second-order valence-corrected chi connectivity index (χ2v) is 2.92. The van der Waals surface area contributed by atoms with E-state index < -0.39 is 0 Å². The number of ether oxygens (including phenoxy) is 2. The van der Waals surface area contributed by atoms with Crippen molar-refractivity contribution in [2.75, 3.05) is 13.7 Å². The Hall–Kier alpha value is -2.21. The van der Waals surface area contributed by atoms with Crippen LogP contribution in [0.3, 0.4) is 0 Å². The van der Waals surface area contributed by atoms with Gasteiger partial charge < -0.3 is 9.47 Å². The molecule has 0 saturated carbocycles. The van der Waals surface area contributed by atoms with Gasteiger partial charge in [0.1, 0.15) is 12.4 Å². The first-order valence-corrected chi connectivity index (χ1v) is 4.68. The minimum absolute atomic E-state index is 0.247. The van der Waals surface area contributed by atoms with E-state index >= 15 is 0 Å². The number of methoxy groups -OCH3 is 1. The third-order valence-corrected chi connectivity index (χ3v) is 1.82. The van der Waals surface area contributed by atoms with Gasteiger partial charge in [-0.15, -0.1) is 6.42 Å². The zero-order valence-electron chi connectivity index (χ0n) is 8.97. The first kappa shape index (κ1) is 11.9. The molecule has 0 aromatic heterocycles. The normalized spacial score (nSPS) is 9.75. The van der Waals surface area contributed by atoms with Crippen molar-refractivity contribution in [3.63, 3.8) is 0 Å². The highest BCUT2D eigenvalue weighted by Gasteiger charge is 1.94. The molecule has 0 N–H and O–H groups in total. The minimum Gasteiger partial charge on any atom is -0.481 e. The van der Waals surface area contributed by atoms with Crippen LogP contribution in [0.2, 0.25) is 0 Å². The van der Waals surface area contributed by atoms with Gasteiger partial charge in [0.05, 0.1) is 7.11 Å². The van der Waals surface area contributed by atoms with Crippen molar-refractivity contribution in [3.05, 3.63) is 35.9 Å². The monoisotopic (exact) mass is 216 g/mol. The van der Waals surface area contributed by atoms with E-state index in [1.165, 1.54) is 13.2 Å². The van der Waals surface area contributed by atoms with Gasteiger partial charge in [-0.3, -0.25) is 0 Å². The molecule has 0 heterocycles. The van der Waals surface area contributed by atoms with Crippen LogP contribution in [0, 0.1) is 12.3 Å². The first-order chi connectivity index (χ1) is 7.76. The summed E-state index contributed by atoms with van der Waals surface area (Å²) in [6.07, 6.45) is 8.09. The molecule has 16 heavy (non-hydrogen) atoms. The van der Waals surface area contributed by atoms with Crippen LogP contribution in [-0.2, 0) is 9.53 Å². The lowest BCUT2D eigenvalue weighted by atomic mass is 10.2. The van der Waals surface area contributed by atoms with E-state index in [0.717, 1.165) is 5.56 Å². The Labute approximate surface area is 94.7 Å². The third-order valence-electron chi connectivity index (χ3n) is 1.82. The number of hydrogen-bond acceptors (Lipinski definition) is 3. The van der Waals surface area contributed by atoms with Crippen molar-refractivity contribution in [2.24, 2.45) is 0 Å². The molecule has 3 nitrogen and oxygen atoms in total.